The SMILES string of the molecule is Nc1cc(Cl)c(F)cc1N(CCO)Cc1ccccc1. The van der Waals surface area contributed by atoms with Crippen molar-refractivity contribution in [2.75, 3.05) is 23.8 Å². The molecule has 2 rings (SSSR count). The first-order valence-corrected chi connectivity index (χ1v) is 6.64. The van der Waals surface area contributed by atoms with Crippen molar-refractivity contribution in [2.24, 2.45) is 0 Å². The van der Waals surface area contributed by atoms with Gasteiger partial charge in [-0.1, -0.05) is 41.9 Å². The Morgan fingerprint density at radius 2 is 1.90 bits per heavy atom. The second-order valence-corrected chi connectivity index (χ2v) is 4.86. The second kappa shape index (κ2) is 6.59. The molecule has 5 heteroatoms. The lowest BCUT2D eigenvalue weighted by Crippen LogP contribution is -2.27. The summed E-state index contributed by atoms with van der Waals surface area (Å²) < 4.78 is 13.6. The third kappa shape index (κ3) is 3.40. The quantitative estimate of drug-likeness (QED) is 0.833. The maximum absolute atomic E-state index is 13.6. The molecule has 0 heterocycles. The largest absolute Gasteiger partial charge is 0.397 e. The van der Waals surface area contributed by atoms with Crippen molar-refractivity contribution in [3.05, 3.63) is 58.9 Å². The smallest absolute Gasteiger partial charge is 0.144 e. The number of halogens is 2. The molecule has 0 amide bonds. The number of hydrogen-bond donors (Lipinski definition) is 2. The van der Waals surface area contributed by atoms with Crippen LogP contribution < -0.4 is 10.6 Å². The van der Waals surface area contributed by atoms with Gasteiger partial charge in [-0.3, -0.25) is 0 Å². The first kappa shape index (κ1) is 14.6. The van der Waals surface area contributed by atoms with Crippen molar-refractivity contribution >= 4 is 23.0 Å². The van der Waals surface area contributed by atoms with Crippen LogP contribution in [0, 0.1) is 5.82 Å². The van der Waals surface area contributed by atoms with E-state index in [0.29, 0.717) is 24.5 Å². The van der Waals surface area contributed by atoms with Gasteiger partial charge in [0.1, 0.15) is 5.82 Å². The lowest BCUT2D eigenvalue weighted by atomic mass is 10.1. The van der Waals surface area contributed by atoms with E-state index in [2.05, 4.69) is 0 Å². The Balaban J connectivity index is 2.31. The van der Waals surface area contributed by atoms with E-state index in [-0.39, 0.29) is 11.6 Å². The number of anilines is 2. The van der Waals surface area contributed by atoms with Crippen molar-refractivity contribution in [1.29, 1.82) is 0 Å². The zero-order valence-electron chi connectivity index (χ0n) is 10.9. The number of hydrogen-bond acceptors (Lipinski definition) is 3. The Labute approximate surface area is 122 Å². The second-order valence-electron chi connectivity index (χ2n) is 4.46. The number of rotatable bonds is 5. The van der Waals surface area contributed by atoms with E-state index in [0.717, 1.165) is 5.56 Å². The van der Waals surface area contributed by atoms with Gasteiger partial charge in [0, 0.05) is 19.2 Å². The van der Waals surface area contributed by atoms with Crippen molar-refractivity contribution < 1.29 is 9.50 Å². The fraction of sp³-hybridized carbons (Fsp3) is 0.200. The van der Waals surface area contributed by atoms with Gasteiger partial charge in [-0.2, -0.15) is 0 Å². The molecule has 0 saturated carbocycles. The third-order valence-corrected chi connectivity index (χ3v) is 3.29. The minimum Gasteiger partial charge on any atom is -0.397 e. The van der Waals surface area contributed by atoms with E-state index in [1.54, 1.807) is 0 Å². The molecule has 0 fully saturated rings. The maximum Gasteiger partial charge on any atom is 0.144 e. The Morgan fingerprint density at radius 1 is 1.20 bits per heavy atom. The topological polar surface area (TPSA) is 49.5 Å². The van der Waals surface area contributed by atoms with Gasteiger partial charge >= 0.3 is 0 Å². The minimum absolute atomic E-state index is 0.00471. The molecular weight excluding hydrogens is 279 g/mol. The summed E-state index contributed by atoms with van der Waals surface area (Å²) in [7, 11) is 0. The van der Waals surface area contributed by atoms with E-state index < -0.39 is 5.82 Å². The maximum atomic E-state index is 13.6. The average Bonchev–Trinajstić information content (AvgIpc) is 2.44. The molecule has 2 aromatic rings. The Bertz CT molecular complexity index is 578. The molecule has 0 aliphatic rings. The first-order valence-electron chi connectivity index (χ1n) is 6.26. The molecule has 0 aliphatic heterocycles. The summed E-state index contributed by atoms with van der Waals surface area (Å²) in [5.41, 5.74) is 7.87. The highest BCUT2D eigenvalue weighted by Gasteiger charge is 2.13. The molecule has 3 N–H and O–H groups in total. The molecule has 0 atom stereocenters. The van der Waals surface area contributed by atoms with Crippen molar-refractivity contribution in [3.8, 4) is 0 Å². The zero-order chi connectivity index (χ0) is 14.5. The number of nitrogens with two attached hydrogens (primary N) is 1. The molecule has 20 heavy (non-hydrogen) atoms. The molecule has 0 radical (unpaired) electrons. The van der Waals surface area contributed by atoms with Crippen LogP contribution in [0.1, 0.15) is 5.56 Å². The molecule has 0 unspecified atom stereocenters. The molecule has 0 aromatic heterocycles. The van der Waals surface area contributed by atoms with Gasteiger partial charge in [0.2, 0.25) is 0 Å². The minimum atomic E-state index is -0.521. The van der Waals surface area contributed by atoms with E-state index in [1.807, 2.05) is 35.2 Å². The molecule has 0 aliphatic carbocycles. The standard InChI is InChI=1S/C15H16ClFN2O/c16-12-8-14(18)15(9-13(12)17)19(6-7-20)10-11-4-2-1-3-5-11/h1-5,8-9,20H,6-7,10,18H2. The van der Waals surface area contributed by atoms with E-state index in [4.69, 9.17) is 17.3 Å². The predicted molar refractivity (Wildman–Crippen MR) is 80.4 cm³/mol. The summed E-state index contributed by atoms with van der Waals surface area (Å²) in [6.45, 7) is 0.851. The van der Waals surface area contributed by atoms with Gasteiger partial charge in [-0.25, -0.2) is 4.39 Å². The molecule has 0 saturated heterocycles. The van der Waals surface area contributed by atoms with E-state index in [9.17, 15) is 9.50 Å². The lowest BCUT2D eigenvalue weighted by molar-refractivity contribution is 0.301. The van der Waals surface area contributed by atoms with E-state index in [1.165, 1.54) is 12.1 Å². The summed E-state index contributed by atoms with van der Waals surface area (Å²) in [5, 5.41) is 9.18. The van der Waals surface area contributed by atoms with Crippen LogP contribution in [-0.4, -0.2) is 18.3 Å². The summed E-state index contributed by atoms with van der Waals surface area (Å²) in [4.78, 5) is 1.82. The Kier molecular flexibility index (Phi) is 4.82. The number of benzene rings is 2. The van der Waals surface area contributed by atoms with Gasteiger partial charge in [0.15, 0.2) is 0 Å². The van der Waals surface area contributed by atoms with E-state index >= 15 is 0 Å². The Morgan fingerprint density at radius 3 is 2.55 bits per heavy atom. The Hall–Kier alpha value is -1.78. The highest BCUT2D eigenvalue weighted by atomic mass is 35.5. The predicted octanol–water partition coefficient (Wildman–Crippen LogP) is 3.06. The number of aliphatic hydroxyl groups excluding tert-OH is 1. The van der Waals surface area contributed by atoms with Crippen LogP contribution >= 0.6 is 11.6 Å². The molecule has 0 spiro atoms. The van der Waals surface area contributed by atoms with Crippen LogP contribution in [0.3, 0.4) is 0 Å². The molecule has 3 nitrogen and oxygen atoms in total. The van der Waals surface area contributed by atoms with Crippen LogP contribution in [0.4, 0.5) is 15.8 Å². The number of nitrogens with zero attached hydrogens (tertiary/aromatic N) is 1. The molecule has 106 valence electrons. The molecule has 0 bridgehead atoms. The normalized spacial score (nSPS) is 10.6. The monoisotopic (exact) mass is 294 g/mol. The third-order valence-electron chi connectivity index (χ3n) is 3.00. The van der Waals surface area contributed by atoms with Gasteiger partial charge in [-0.15, -0.1) is 0 Å². The van der Waals surface area contributed by atoms with Gasteiger partial charge in [0.05, 0.1) is 23.0 Å². The van der Waals surface area contributed by atoms with Crippen LogP contribution in [0.15, 0.2) is 42.5 Å². The fourth-order valence-corrected chi connectivity index (χ4v) is 2.21. The fourth-order valence-electron chi connectivity index (χ4n) is 2.03. The summed E-state index contributed by atoms with van der Waals surface area (Å²) in [6, 6.07) is 12.4. The lowest BCUT2D eigenvalue weighted by Gasteiger charge is -2.25. The van der Waals surface area contributed by atoms with Gasteiger partial charge in [-0.05, 0) is 11.6 Å². The van der Waals surface area contributed by atoms with Crippen LogP contribution in [0.5, 0.6) is 0 Å². The van der Waals surface area contributed by atoms with Crippen molar-refractivity contribution in [1.82, 2.24) is 0 Å². The van der Waals surface area contributed by atoms with Crippen LogP contribution in [0.2, 0.25) is 5.02 Å². The van der Waals surface area contributed by atoms with Crippen molar-refractivity contribution in [3.63, 3.8) is 0 Å². The zero-order valence-corrected chi connectivity index (χ0v) is 11.6. The van der Waals surface area contributed by atoms with Crippen LogP contribution in [0.25, 0.3) is 0 Å². The van der Waals surface area contributed by atoms with Gasteiger partial charge in [0.25, 0.3) is 0 Å². The van der Waals surface area contributed by atoms with Gasteiger partial charge < -0.3 is 15.7 Å². The molecular formula is C15H16ClFN2O. The first-order chi connectivity index (χ1) is 9.61. The summed E-state index contributed by atoms with van der Waals surface area (Å²) in [5.74, 6) is -0.521. The average molecular weight is 295 g/mol. The highest BCUT2D eigenvalue weighted by Crippen LogP contribution is 2.30. The highest BCUT2D eigenvalue weighted by molar-refractivity contribution is 6.31. The summed E-state index contributed by atoms with van der Waals surface area (Å²) >= 11 is 5.70. The number of nitrogen functional groups attached to an aromatic ring is 1. The number of aliphatic hydroxyl groups is 1. The molecule has 2 aromatic carbocycles. The summed E-state index contributed by atoms with van der Waals surface area (Å²) in [6.07, 6.45) is 0. The van der Waals surface area contributed by atoms with Crippen LogP contribution in [-0.2, 0) is 6.54 Å². The van der Waals surface area contributed by atoms with Crippen molar-refractivity contribution in [2.45, 2.75) is 6.54 Å².